The van der Waals surface area contributed by atoms with Gasteiger partial charge in [-0.3, -0.25) is 9.78 Å². The van der Waals surface area contributed by atoms with Gasteiger partial charge in [0.25, 0.3) is 0 Å². The van der Waals surface area contributed by atoms with Crippen LogP contribution in [0.1, 0.15) is 18.5 Å². The fraction of sp³-hybridized carbons (Fsp3) is 0.333. The number of piperidine rings is 1. The number of sulfonamides is 1. The second-order valence-electron chi connectivity index (χ2n) is 6.47. The first-order valence-corrected chi connectivity index (χ1v) is 11.6. The van der Waals surface area contributed by atoms with Gasteiger partial charge in [0.1, 0.15) is 5.82 Å². The predicted octanol–water partition coefficient (Wildman–Crippen LogP) is 3.46. The molecule has 1 aliphatic rings. The maximum atomic E-state index is 12.9. The minimum absolute atomic E-state index is 0.145. The van der Waals surface area contributed by atoms with E-state index in [0.717, 1.165) is 6.20 Å². The summed E-state index contributed by atoms with van der Waals surface area (Å²) in [5, 5.41) is 2.78. The first kappa shape index (κ1) is 21.4. The summed E-state index contributed by atoms with van der Waals surface area (Å²) >= 11 is 6.61. The molecule has 1 saturated heterocycles. The zero-order chi connectivity index (χ0) is 20.3. The molecule has 0 atom stereocenters. The highest BCUT2D eigenvalue weighted by atomic mass is 79.9. The number of hydrogen-bond acceptors (Lipinski definition) is 4. The van der Waals surface area contributed by atoms with E-state index in [-0.39, 0.29) is 36.4 Å². The quantitative estimate of drug-likeness (QED) is 0.637. The molecular weight excluding hydrogens is 517 g/mol. The van der Waals surface area contributed by atoms with Crippen molar-refractivity contribution in [3.8, 4) is 0 Å². The monoisotopic (exact) mass is 533 g/mol. The number of benzene rings is 1. The molecule has 1 aromatic carbocycles. The van der Waals surface area contributed by atoms with Crippen LogP contribution < -0.4 is 5.32 Å². The topological polar surface area (TPSA) is 79.4 Å². The van der Waals surface area contributed by atoms with Crippen molar-refractivity contribution in [3.05, 3.63) is 57.0 Å². The zero-order valence-corrected chi connectivity index (χ0v) is 18.7. The second-order valence-corrected chi connectivity index (χ2v) is 10.2. The fourth-order valence-electron chi connectivity index (χ4n) is 3.02. The van der Waals surface area contributed by atoms with E-state index in [1.54, 1.807) is 18.2 Å². The average molecular weight is 535 g/mol. The van der Waals surface area contributed by atoms with Gasteiger partial charge in [0, 0.05) is 28.0 Å². The van der Waals surface area contributed by atoms with Crippen LogP contribution in [0.25, 0.3) is 0 Å². The van der Waals surface area contributed by atoms with E-state index in [0.29, 0.717) is 27.5 Å². The van der Waals surface area contributed by atoms with Crippen LogP contribution in [0.5, 0.6) is 0 Å². The Morgan fingerprint density at radius 1 is 1.18 bits per heavy atom. The van der Waals surface area contributed by atoms with E-state index in [1.165, 1.54) is 16.4 Å². The third-order valence-corrected chi connectivity index (χ3v) is 7.32. The molecule has 3 rings (SSSR count). The zero-order valence-electron chi connectivity index (χ0n) is 14.7. The average Bonchev–Trinajstić information content (AvgIpc) is 2.66. The number of carbonyl (C=O) groups excluding carboxylic acids is 1. The highest BCUT2D eigenvalue weighted by Gasteiger charge is 2.32. The number of amides is 1. The molecule has 2 aromatic rings. The lowest BCUT2D eigenvalue weighted by atomic mass is 9.97. The SMILES string of the molecule is O=C(NCc1ccc(F)cn1)C1CCN(S(=O)(=O)c2cc(Br)cc(Br)c2)CC1. The Morgan fingerprint density at radius 3 is 2.39 bits per heavy atom. The Morgan fingerprint density at radius 2 is 1.82 bits per heavy atom. The van der Waals surface area contributed by atoms with Crippen molar-refractivity contribution < 1.29 is 17.6 Å². The van der Waals surface area contributed by atoms with E-state index < -0.39 is 15.8 Å². The van der Waals surface area contributed by atoms with Crippen molar-refractivity contribution in [3.63, 3.8) is 0 Å². The van der Waals surface area contributed by atoms with Crippen LogP contribution in [0, 0.1) is 11.7 Å². The highest BCUT2D eigenvalue weighted by molar-refractivity contribution is 9.11. The first-order chi connectivity index (χ1) is 13.3. The number of rotatable bonds is 5. The summed E-state index contributed by atoms with van der Waals surface area (Å²) in [5.41, 5.74) is 0.565. The maximum absolute atomic E-state index is 12.9. The van der Waals surface area contributed by atoms with Crippen LogP contribution in [0.3, 0.4) is 0 Å². The minimum Gasteiger partial charge on any atom is -0.350 e. The number of aromatic nitrogens is 1. The lowest BCUT2D eigenvalue weighted by Crippen LogP contribution is -2.42. The van der Waals surface area contributed by atoms with Crippen molar-refractivity contribution in [2.45, 2.75) is 24.3 Å². The Labute approximate surface area is 179 Å². The molecular formula is C18H18Br2FN3O3S. The first-order valence-electron chi connectivity index (χ1n) is 8.60. The van der Waals surface area contributed by atoms with Gasteiger partial charge in [-0.2, -0.15) is 4.31 Å². The summed E-state index contributed by atoms with van der Waals surface area (Å²) in [4.78, 5) is 16.5. The van der Waals surface area contributed by atoms with Crippen LogP contribution in [-0.4, -0.2) is 36.7 Å². The van der Waals surface area contributed by atoms with Crippen LogP contribution in [-0.2, 0) is 21.4 Å². The van der Waals surface area contributed by atoms with Crippen LogP contribution in [0.4, 0.5) is 4.39 Å². The number of nitrogens with one attached hydrogen (secondary N) is 1. The third kappa shape index (κ3) is 5.16. The standard InChI is InChI=1S/C18H18Br2FN3O3S/c19-13-7-14(20)9-17(8-13)28(26,27)24-5-3-12(4-6-24)18(25)23-11-16-2-1-15(21)10-22-16/h1-2,7-10,12H,3-6,11H2,(H,23,25). The van der Waals surface area contributed by atoms with Crippen molar-refractivity contribution in [1.29, 1.82) is 0 Å². The largest absolute Gasteiger partial charge is 0.350 e. The minimum atomic E-state index is -3.62. The van der Waals surface area contributed by atoms with Crippen LogP contribution in [0.15, 0.2) is 50.4 Å². The van der Waals surface area contributed by atoms with Crippen LogP contribution in [0.2, 0.25) is 0 Å². The molecule has 0 unspecified atom stereocenters. The smallest absolute Gasteiger partial charge is 0.243 e. The molecule has 1 aliphatic heterocycles. The number of halogens is 3. The summed E-state index contributed by atoms with van der Waals surface area (Å²) in [7, 11) is -3.62. The summed E-state index contributed by atoms with van der Waals surface area (Å²) in [6, 6.07) is 7.70. The van der Waals surface area contributed by atoms with Gasteiger partial charge in [-0.25, -0.2) is 12.8 Å². The molecule has 28 heavy (non-hydrogen) atoms. The van der Waals surface area contributed by atoms with Crippen LogP contribution >= 0.6 is 31.9 Å². The molecule has 1 amide bonds. The Kier molecular flexibility index (Phi) is 6.85. The lowest BCUT2D eigenvalue weighted by molar-refractivity contribution is -0.126. The van der Waals surface area contributed by atoms with E-state index in [4.69, 9.17) is 0 Å². The second kappa shape index (κ2) is 8.98. The van der Waals surface area contributed by atoms with Gasteiger partial charge in [-0.15, -0.1) is 0 Å². The van der Waals surface area contributed by atoms with Gasteiger partial charge in [0.05, 0.1) is 23.3 Å². The third-order valence-electron chi connectivity index (χ3n) is 4.53. The maximum Gasteiger partial charge on any atom is 0.243 e. The van der Waals surface area contributed by atoms with Crippen molar-refractivity contribution >= 4 is 47.8 Å². The summed E-state index contributed by atoms with van der Waals surface area (Å²) in [6.07, 6.45) is 1.99. The molecule has 150 valence electrons. The van der Waals surface area contributed by atoms with Gasteiger partial charge in [-0.1, -0.05) is 31.9 Å². The lowest BCUT2D eigenvalue weighted by Gasteiger charge is -2.30. The van der Waals surface area contributed by atoms with Gasteiger partial charge in [0.15, 0.2) is 0 Å². The Hall–Kier alpha value is -1.36. The van der Waals surface area contributed by atoms with Gasteiger partial charge in [0.2, 0.25) is 15.9 Å². The molecule has 0 saturated carbocycles. The molecule has 2 heterocycles. The number of pyridine rings is 1. The van der Waals surface area contributed by atoms with Crippen molar-refractivity contribution in [2.24, 2.45) is 5.92 Å². The Balaban J connectivity index is 1.57. The molecule has 0 bridgehead atoms. The summed E-state index contributed by atoms with van der Waals surface area (Å²) in [5.74, 6) is -0.837. The Bertz CT molecular complexity index is 942. The van der Waals surface area contributed by atoms with E-state index in [9.17, 15) is 17.6 Å². The van der Waals surface area contributed by atoms with Gasteiger partial charge >= 0.3 is 0 Å². The number of hydrogen-bond donors (Lipinski definition) is 1. The molecule has 6 nitrogen and oxygen atoms in total. The van der Waals surface area contributed by atoms with E-state index >= 15 is 0 Å². The molecule has 1 aromatic heterocycles. The van der Waals surface area contributed by atoms with Crippen molar-refractivity contribution in [1.82, 2.24) is 14.6 Å². The molecule has 0 spiro atoms. The van der Waals surface area contributed by atoms with Gasteiger partial charge < -0.3 is 5.32 Å². The van der Waals surface area contributed by atoms with E-state index in [2.05, 4.69) is 42.2 Å². The van der Waals surface area contributed by atoms with E-state index in [1.807, 2.05) is 0 Å². The summed E-state index contributed by atoms with van der Waals surface area (Å²) < 4.78 is 41.3. The highest BCUT2D eigenvalue weighted by Crippen LogP contribution is 2.28. The number of carbonyl (C=O) groups is 1. The molecule has 1 fully saturated rings. The molecule has 10 heteroatoms. The van der Waals surface area contributed by atoms with Gasteiger partial charge in [-0.05, 0) is 43.2 Å². The number of nitrogens with zero attached hydrogens (tertiary/aromatic N) is 2. The molecule has 0 aliphatic carbocycles. The predicted molar refractivity (Wildman–Crippen MR) is 109 cm³/mol. The molecule has 1 N–H and O–H groups in total. The van der Waals surface area contributed by atoms with Crippen molar-refractivity contribution in [2.75, 3.05) is 13.1 Å². The molecule has 0 radical (unpaired) electrons. The fourth-order valence-corrected chi connectivity index (χ4v) is 6.16. The summed E-state index contributed by atoms with van der Waals surface area (Å²) in [6.45, 7) is 0.766. The normalized spacial score (nSPS) is 16.1.